The fourth-order valence-corrected chi connectivity index (χ4v) is 1.88. The average Bonchev–Trinajstić information content (AvgIpc) is 2.48. The maximum atomic E-state index is 12.4. The van der Waals surface area contributed by atoms with Gasteiger partial charge < -0.3 is 9.84 Å². The Morgan fingerprint density at radius 3 is 2.00 bits per heavy atom. The summed E-state index contributed by atoms with van der Waals surface area (Å²) < 4.78 is 58.5. The largest absolute Gasteiger partial charge is 0.431 e. The zero-order valence-electron chi connectivity index (χ0n) is 12.2. The molecule has 0 aliphatic rings. The van der Waals surface area contributed by atoms with Gasteiger partial charge in [-0.3, -0.25) is 4.55 Å². The highest BCUT2D eigenvalue weighted by molar-refractivity contribution is 7.85. The topological polar surface area (TPSA) is 83.8 Å². The van der Waals surface area contributed by atoms with Gasteiger partial charge >= 0.3 is 6.11 Å². The van der Waals surface area contributed by atoms with E-state index in [1.807, 2.05) is 6.92 Å². The number of aliphatic hydroxyl groups excluding tert-OH is 1. The standard InChI is InChI=1S/C8H8F2O2.C7H8O3S/c9-8(10,6-11)12-7-4-2-1-3-5-7;1-6-2-4-7(5-3-6)11(8,9)10/h1-5,11H,6H2;2-5H,1H3,(H,8,9,10). The van der Waals surface area contributed by atoms with Crippen molar-refractivity contribution in [2.75, 3.05) is 6.61 Å². The molecule has 2 N–H and O–H groups in total. The summed E-state index contributed by atoms with van der Waals surface area (Å²) in [7, 11) is -4.02. The van der Waals surface area contributed by atoms with E-state index in [4.69, 9.17) is 9.66 Å². The van der Waals surface area contributed by atoms with Crippen LogP contribution in [0.2, 0.25) is 0 Å². The number of alkyl halides is 2. The Balaban J connectivity index is 0.000000231. The van der Waals surface area contributed by atoms with Gasteiger partial charge in [-0.1, -0.05) is 35.9 Å². The van der Waals surface area contributed by atoms with Crippen molar-refractivity contribution in [1.82, 2.24) is 0 Å². The number of para-hydroxylation sites is 1. The molecule has 0 aliphatic heterocycles. The Labute approximate surface area is 132 Å². The van der Waals surface area contributed by atoms with Gasteiger partial charge in [0.1, 0.15) is 12.4 Å². The number of benzene rings is 2. The van der Waals surface area contributed by atoms with Gasteiger partial charge in [-0.2, -0.15) is 17.2 Å². The van der Waals surface area contributed by atoms with Gasteiger partial charge in [-0.25, -0.2) is 0 Å². The van der Waals surface area contributed by atoms with Crippen LogP contribution in [0, 0.1) is 6.92 Å². The molecule has 0 unspecified atom stereocenters. The lowest BCUT2D eigenvalue weighted by Gasteiger charge is -2.14. The first kappa shape index (κ1) is 19.0. The molecular formula is C15H16F2O5S. The first-order valence-electron chi connectivity index (χ1n) is 6.41. The van der Waals surface area contributed by atoms with E-state index in [1.54, 1.807) is 30.3 Å². The van der Waals surface area contributed by atoms with E-state index in [2.05, 4.69) is 4.74 Å². The van der Waals surface area contributed by atoms with Crippen LogP contribution in [-0.2, 0) is 10.1 Å². The average molecular weight is 346 g/mol. The maximum absolute atomic E-state index is 12.4. The number of aryl methyl sites for hydroxylation is 1. The monoisotopic (exact) mass is 346 g/mol. The summed E-state index contributed by atoms with van der Waals surface area (Å²) in [5, 5.41) is 8.18. The van der Waals surface area contributed by atoms with E-state index in [9.17, 15) is 17.2 Å². The minimum Gasteiger partial charge on any atom is -0.431 e. The second kappa shape index (κ2) is 8.00. The zero-order chi connectivity index (χ0) is 17.5. The summed E-state index contributed by atoms with van der Waals surface area (Å²) >= 11 is 0. The normalized spacial score (nSPS) is 11.3. The minimum absolute atomic E-state index is 0.0385. The molecule has 2 aromatic carbocycles. The molecule has 0 atom stereocenters. The molecule has 0 heterocycles. The Kier molecular flexibility index (Phi) is 6.62. The van der Waals surface area contributed by atoms with E-state index in [0.29, 0.717) is 0 Å². The molecule has 0 aromatic heterocycles. The first-order chi connectivity index (χ1) is 10.6. The Hall–Kier alpha value is -2.03. The lowest BCUT2D eigenvalue weighted by molar-refractivity contribution is -0.200. The summed E-state index contributed by atoms with van der Waals surface area (Å²) in [6.45, 7) is 0.523. The van der Waals surface area contributed by atoms with Crippen LogP contribution in [0.4, 0.5) is 8.78 Å². The van der Waals surface area contributed by atoms with E-state index in [-0.39, 0.29) is 10.6 Å². The molecule has 0 bridgehead atoms. The minimum atomic E-state index is -4.02. The van der Waals surface area contributed by atoms with Gasteiger partial charge in [0.2, 0.25) is 0 Å². The third kappa shape index (κ3) is 7.18. The highest BCUT2D eigenvalue weighted by Crippen LogP contribution is 2.19. The van der Waals surface area contributed by atoms with Gasteiger partial charge in [0, 0.05) is 0 Å². The third-order valence-corrected chi connectivity index (χ3v) is 3.38. The number of aliphatic hydroxyl groups is 1. The highest BCUT2D eigenvalue weighted by atomic mass is 32.2. The molecule has 0 fully saturated rings. The molecule has 8 heteroatoms. The number of ether oxygens (including phenoxy) is 1. The summed E-state index contributed by atoms with van der Waals surface area (Å²) in [6, 6.07) is 13.6. The summed E-state index contributed by atoms with van der Waals surface area (Å²) in [5.41, 5.74) is 0.956. The van der Waals surface area contributed by atoms with Crippen LogP contribution >= 0.6 is 0 Å². The van der Waals surface area contributed by atoms with Crippen molar-refractivity contribution in [2.24, 2.45) is 0 Å². The SMILES string of the molecule is Cc1ccc(S(=O)(=O)O)cc1.OCC(F)(F)Oc1ccccc1. The van der Waals surface area contributed by atoms with Crippen molar-refractivity contribution in [3.63, 3.8) is 0 Å². The Morgan fingerprint density at radius 1 is 1.04 bits per heavy atom. The van der Waals surface area contributed by atoms with Gasteiger partial charge in [-0.05, 0) is 31.2 Å². The van der Waals surface area contributed by atoms with Crippen molar-refractivity contribution < 1.29 is 31.6 Å². The van der Waals surface area contributed by atoms with Gasteiger partial charge in [0.15, 0.2) is 0 Å². The quantitative estimate of drug-likeness (QED) is 0.832. The van der Waals surface area contributed by atoms with Crippen molar-refractivity contribution in [3.05, 3.63) is 60.2 Å². The predicted octanol–water partition coefficient (Wildman–Crippen LogP) is 2.89. The summed E-state index contributed by atoms with van der Waals surface area (Å²) in [5.74, 6) is 0.0385. The van der Waals surface area contributed by atoms with E-state index in [1.165, 1.54) is 24.3 Å². The summed E-state index contributed by atoms with van der Waals surface area (Å²) in [4.78, 5) is -0.0666. The van der Waals surface area contributed by atoms with Crippen LogP contribution in [0.15, 0.2) is 59.5 Å². The van der Waals surface area contributed by atoms with Crippen molar-refractivity contribution in [3.8, 4) is 5.75 Å². The lowest BCUT2D eigenvalue weighted by atomic mass is 10.2. The molecule has 0 amide bonds. The molecule has 2 rings (SSSR count). The van der Waals surface area contributed by atoms with Crippen LogP contribution in [0.5, 0.6) is 5.75 Å². The fourth-order valence-electron chi connectivity index (χ4n) is 1.40. The van der Waals surface area contributed by atoms with Gasteiger partial charge in [0.05, 0.1) is 4.90 Å². The number of hydrogen-bond donors (Lipinski definition) is 2. The highest BCUT2D eigenvalue weighted by Gasteiger charge is 2.30. The van der Waals surface area contributed by atoms with Crippen LogP contribution in [0.1, 0.15) is 5.56 Å². The predicted molar refractivity (Wildman–Crippen MR) is 80.1 cm³/mol. The zero-order valence-corrected chi connectivity index (χ0v) is 13.0. The summed E-state index contributed by atoms with van der Waals surface area (Å²) in [6.07, 6.45) is -3.50. The molecule has 0 spiro atoms. The number of halogens is 2. The molecule has 126 valence electrons. The van der Waals surface area contributed by atoms with Crippen LogP contribution in [0.3, 0.4) is 0 Å². The van der Waals surface area contributed by atoms with E-state index < -0.39 is 22.8 Å². The molecular weight excluding hydrogens is 330 g/mol. The molecule has 5 nitrogen and oxygen atoms in total. The number of hydrogen-bond acceptors (Lipinski definition) is 4. The molecule has 23 heavy (non-hydrogen) atoms. The Morgan fingerprint density at radius 2 is 1.57 bits per heavy atom. The van der Waals surface area contributed by atoms with Crippen LogP contribution in [-0.4, -0.2) is 30.8 Å². The molecule has 0 saturated heterocycles. The maximum Gasteiger partial charge on any atom is 0.421 e. The van der Waals surface area contributed by atoms with Crippen molar-refractivity contribution >= 4 is 10.1 Å². The molecule has 0 radical (unpaired) electrons. The third-order valence-electron chi connectivity index (χ3n) is 2.51. The molecule has 0 aliphatic carbocycles. The lowest BCUT2D eigenvalue weighted by Crippen LogP contribution is -2.28. The van der Waals surface area contributed by atoms with Crippen LogP contribution in [0.25, 0.3) is 0 Å². The smallest absolute Gasteiger partial charge is 0.421 e. The van der Waals surface area contributed by atoms with Gasteiger partial charge in [0.25, 0.3) is 10.1 Å². The molecule has 0 saturated carbocycles. The van der Waals surface area contributed by atoms with E-state index in [0.717, 1.165) is 5.56 Å². The number of rotatable bonds is 4. The van der Waals surface area contributed by atoms with Crippen molar-refractivity contribution in [2.45, 2.75) is 17.9 Å². The first-order valence-corrected chi connectivity index (χ1v) is 7.85. The van der Waals surface area contributed by atoms with Crippen LogP contribution < -0.4 is 4.74 Å². The molecule has 2 aromatic rings. The van der Waals surface area contributed by atoms with Crippen molar-refractivity contribution in [1.29, 1.82) is 0 Å². The Bertz CT molecular complexity index is 700. The van der Waals surface area contributed by atoms with Gasteiger partial charge in [-0.15, -0.1) is 0 Å². The van der Waals surface area contributed by atoms with E-state index >= 15 is 0 Å². The second-order valence-corrected chi connectivity index (χ2v) is 5.92. The fraction of sp³-hybridized carbons (Fsp3) is 0.200. The second-order valence-electron chi connectivity index (χ2n) is 4.50.